The first-order valence-corrected chi connectivity index (χ1v) is 6.70. The van der Waals surface area contributed by atoms with E-state index in [0.717, 1.165) is 11.1 Å². The molecule has 1 atom stereocenters. The Hall–Kier alpha value is -2.68. The van der Waals surface area contributed by atoms with Gasteiger partial charge in [0, 0.05) is 11.1 Å². The summed E-state index contributed by atoms with van der Waals surface area (Å²) in [6.07, 6.45) is 1.77. The van der Waals surface area contributed by atoms with Gasteiger partial charge in [-0.05, 0) is 17.2 Å². The summed E-state index contributed by atoms with van der Waals surface area (Å²) in [6.45, 7) is 0. The van der Waals surface area contributed by atoms with Crippen LogP contribution in [0.15, 0.2) is 60.2 Å². The SMILES string of the molecule is COC(=O)C1/C(=C/c2ccccc2)C(=O)c2ccccc21. The number of Topliss-reactive ketones (excluding diaryl/α,β-unsaturated/α-hetero) is 1. The number of esters is 1. The molecule has 1 aliphatic carbocycles. The lowest BCUT2D eigenvalue weighted by Crippen LogP contribution is -2.14. The second-order valence-corrected chi connectivity index (χ2v) is 4.88. The lowest BCUT2D eigenvalue weighted by Gasteiger charge is -2.10. The average Bonchev–Trinajstić information content (AvgIpc) is 2.81. The van der Waals surface area contributed by atoms with Gasteiger partial charge in [0.1, 0.15) is 5.92 Å². The molecule has 0 bridgehead atoms. The minimum atomic E-state index is -0.640. The van der Waals surface area contributed by atoms with Crippen molar-refractivity contribution >= 4 is 17.8 Å². The van der Waals surface area contributed by atoms with E-state index in [1.54, 1.807) is 24.3 Å². The van der Waals surface area contributed by atoms with Crippen molar-refractivity contribution in [3.05, 3.63) is 76.9 Å². The molecule has 104 valence electrons. The fourth-order valence-corrected chi connectivity index (χ4v) is 2.66. The Kier molecular flexibility index (Phi) is 3.40. The van der Waals surface area contributed by atoms with Crippen LogP contribution in [-0.4, -0.2) is 18.9 Å². The van der Waals surface area contributed by atoms with Crippen LogP contribution in [0.2, 0.25) is 0 Å². The van der Waals surface area contributed by atoms with E-state index in [-0.39, 0.29) is 5.78 Å². The molecular formula is C18H14O3. The summed E-state index contributed by atoms with van der Waals surface area (Å²) < 4.78 is 4.88. The van der Waals surface area contributed by atoms with Crippen LogP contribution < -0.4 is 0 Å². The van der Waals surface area contributed by atoms with Crippen LogP contribution >= 0.6 is 0 Å². The number of hydrogen-bond donors (Lipinski definition) is 0. The van der Waals surface area contributed by atoms with Crippen molar-refractivity contribution in [2.24, 2.45) is 0 Å². The highest BCUT2D eigenvalue weighted by Crippen LogP contribution is 2.39. The molecule has 0 aromatic heterocycles. The summed E-state index contributed by atoms with van der Waals surface area (Å²) in [5, 5.41) is 0. The maximum Gasteiger partial charge on any atom is 0.317 e. The van der Waals surface area contributed by atoms with Gasteiger partial charge in [-0.1, -0.05) is 54.6 Å². The summed E-state index contributed by atoms with van der Waals surface area (Å²) in [5.41, 5.74) is 2.66. The van der Waals surface area contributed by atoms with Crippen LogP contribution in [0.25, 0.3) is 6.08 Å². The van der Waals surface area contributed by atoms with Gasteiger partial charge in [-0.2, -0.15) is 0 Å². The number of benzene rings is 2. The molecule has 0 amide bonds. The van der Waals surface area contributed by atoms with E-state index in [0.29, 0.717) is 11.1 Å². The molecule has 0 fully saturated rings. The van der Waals surface area contributed by atoms with Crippen molar-refractivity contribution < 1.29 is 14.3 Å². The Labute approximate surface area is 122 Å². The first-order valence-electron chi connectivity index (χ1n) is 6.70. The third-order valence-corrected chi connectivity index (χ3v) is 3.65. The number of methoxy groups -OCH3 is 1. The molecule has 0 aliphatic heterocycles. The number of hydrogen-bond acceptors (Lipinski definition) is 3. The van der Waals surface area contributed by atoms with E-state index < -0.39 is 11.9 Å². The highest BCUT2D eigenvalue weighted by Gasteiger charge is 2.39. The largest absolute Gasteiger partial charge is 0.468 e. The first kappa shape index (κ1) is 13.3. The van der Waals surface area contributed by atoms with Crippen LogP contribution in [0, 0.1) is 0 Å². The van der Waals surface area contributed by atoms with Gasteiger partial charge in [-0.3, -0.25) is 9.59 Å². The number of carbonyl (C=O) groups excluding carboxylic acids is 2. The number of ketones is 1. The second kappa shape index (κ2) is 5.37. The zero-order valence-electron chi connectivity index (χ0n) is 11.6. The van der Waals surface area contributed by atoms with Gasteiger partial charge in [0.2, 0.25) is 0 Å². The summed E-state index contributed by atoms with van der Waals surface area (Å²) in [4.78, 5) is 24.7. The smallest absolute Gasteiger partial charge is 0.317 e. The van der Waals surface area contributed by atoms with Crippen LogP contribution in [0.1, 0.15) is 27.4 Å². The molecular weight excluding hydrogens is 264 g/mol. The van der Waals surface area contributed by atoms with E-state index in [1.165, 1.54) is 7.11 Å². The van der Waals surface area contributed by atoms with Crippen molar-refractivity contribution in [1.82, 2.24) is 0 Å². The number of carbonyl (C=O) groups is 2. The molecule has 1 aliphatic rings. The monoisotopic (exact) mass is 278 g/mol. The fourth-order valence-electron chi connectivity index (χ4n) is 2.66. The highest BCUT2D eigenvalue weighted by molar-refractivity contribution is 6.20. The van der Waals surface area contributed by atoms with Gasteiger partial charge >= 0.3 is 5.97 Å². The predicted octanol–water partition coefficient (Wildman–Crippen LogP) is 3.22. The molecule has 2 aromatic carbocycles. The van der Waals surface area contributed by atoms with Crippen LogP contribution in [0.3, 0.4) is 0 Å². The van der Waals surface area contributed by atoms with Crippen LogP contribution in [0.5, 0.6) is 0 Å². The molecule has 0 heterocycles. The molecule has 3 heteroatoms. The fraction of sp³-hybridized carbons (Fsp3) is 0.111. The summed E-state index contributed by atoms with van der Waals surface area (Å²) >= 11 is 0. The molecule has 0 saturated carbocycles. The Morgan fingerprint density at radius 1 is 1.05 bits per heavy atom. The van der Waals surface area contributed by atoms with E-state index in [4.69, 9.17) is 4.74 Å². The van der Waals surface area contributed by atoms with Gasteiger partial charge in [0.05, 0.1) is 7.11 Å². The molecule has 3 rings (SSSR count). The quantitative estimate of drug-likeness (QED) is 0.625. The Balaban J connectivity index is 2.14. The van der Waals surface area contributed by atoms with Gasteiger partial charge < -0.3 is 4.74 Å². The van der Waals surface area contributed by atoms with Gasteiger partial charge in [-0.25, -0.2) is 0 Å². The van der Waals surface area contributed by atoms with Crippen LogP contribution in [-0.2, 0) is 9.53 Å². The zero-order valence-corrected chi connectivity index (χ0v) is 11.6. The average molecular weight is 278 g/mol. The van der Waals surface area contributed by atoms with Crippen molar-refractivity contribution in [2.75, 3.05) is 7.11 Å². The van der Waals surface area contributed by atoms with E-state index in [9.17, 15) is 9.59 Å². The molecule has 3 nitrogen and oxygen atoms in total. The molecule has 0 radical (unpaired) electrons. The van der Waals surface area contributed by atoms with E-state index in [1.807, 2.05) is 36.4 Å². The minimum Gasteiger partial charge on any atom is -0.468 e. The Bertz CT molecular complexity index is 729. The Morgan fingerprint density at radius 3 is 2.43 bits per heavy atom. The zero-order chi connectivity index (χ0) is 14.8. The van der Waals surface area contributed by atoms with Crippen LogP contribution in [0.4, 0.5) is 0 Å². The van der Waals surface area contributed by atoms with Crippen molar-refractivity contribution in [2.45, 2.75) is 5.92 Å². The van der Waals surface area contributed by atoms with E-state index in [2.05, 4.69) is 0 Å². The van der Waals surface area contributed by atoms with E-state index >= 15 is 0 Å². The molecule has 0 N–H and O–H groups in total. The van der Waals surface area contributed by atoms with Gasteiger partial charge in [0.25, 0.3) is 0 Å². The normalized spacial score (nSPS) is 18.6. The number of ether oxygens (including phenoxy) is 1. The Morgan fingerprint density at radius 2 is 1.71 bits per heavy atom. The summed E-state index contributed by atoms with van der Waals surface area (Å²) in [6, 6.07) is 16.7. The highest BCUT2D eigenvalue weighted by atomic mass is 16.5. The number of rotatable bonds is 2. The molecule has 1 unspecified atom stereocenters. The lowest BCUT2D eigenvalue weighted by atomic mass is 9.96. The maximum atomic E-state index is 12.6. The third kappa shape index (κ3) is 2.27. The first-order chi connectivity index (χ1) is 10.2. The third-order valence-electron chi connectivity index (χ3n) is 3.65. The van der Waals surface area contributed by atoms with Gasteiger partial charge in [-0.15, -0.1) is 0 Å². The maximum absolute atomic E-state index is 12.6. The van der Waals surface area contributed by atoms with Gasteiger partial charge in [0.15, 0.2) is 5.78 Å². The topological polar surface area (TPSA) is 43.4 Å². The number of fused-ring (bicyclic) bond motifs is 1. The predicted molar refractivity (Wildman–Crippen MR) is 79.9 cm³/mol. The molecule has 0 spiro atoms. The standard InChI is InChI=1S/C18H14O3/c1-21-18(20)16-13-9-5-6-10-14(13)17(19)15(16)11-12-7-3-2-4-8-12/h2-11,16H,1H3/b15-11-. The minimum absolute atomic E-state index is 0.107. The second-order valence-electron chi connectivity index (χ2n) is 4.88. The lowest BCUT2D eigenvalue weighted by molar-refractivity contribution is -0.141. The van der Waals surface area contributed by atoms with Crippen molar-refractivity contribution in [3.63, 3.8) is 0 Å². The summed E-state index contributed by atoms with van der Waals surface area (Å²) in [7, 11) is 1.34. The van der Waals surface area contributed by atoms with Crippen molar-refractivity contribution in [3.8, 4) is 0 Å². The van der Waals surface area contributed by atoms with Crippen molar-refractivity contribution in [1.29, 1.82) is 0 Å². The summed E-state index contributed by atoms with van der Waals surface area (Å²) in [5.74, 6) is -1.15. The molecule has 2 aromatic rings. The molecule has 21 heavy (non-hydrogen) atoms. The molecule has 0 saturated heterocycles.